The van der Waals surface area contributed by atoms with E-state index in [1.54, 1.807) is 0 Å². The van der Waals surface area contributed by atoms with E-state index in [2.05, 4.69) is 61.4 Å². The molecule has 118 valence electrons. The standard InChI is InChI=1S/C19H32N2/c1-19(2)12-10-18(11-13-19)20-14-7-15-21(3)16-17-8-5-4-6-9-17/h4-6,8-9,18,20H,7,10-16H2,1-3H3. The van der Waals surface area contributed by atoms with Gasteiger partial charge >= 0.3 is 0 Å². The summed E-state index contributed by atoms with van der Waals surface area (Å²) in [5, 5.41) is 3.75. The van der Waals surface area contributed by atoms with Gasteiger partial charge in [-0.15, -0.1) is 0 Å². The van der Waals surface area contributed by atoms with Gasteiger partial charge in [0.1, 0.15) is 0 Å². The maximum absolute atomic E-state index is 3.75. The Labute approximate surface area is 130 Å². The first kappa shape index (κ1) is 16.5. The third-order valence-electron chi connectivity index (χ3n) is 4.78. The zero-order valence-electron chi connectivity index (χ0n) is 14.1. The summed E-state index contributed by atoms with van der Waals surface area (Å²) in [6, 6.07) is 11.5. The van der Waals surface area contributed by atoms with Crippen molar-refractivity contribution in [3.63, 3.8) is 0 Å². The molecule has 0 heterocycles. The second-order valence-electron chi connectivity index (χ2n) is 7.47. The van der Waals surface area contributed by atoms with E-state index in [9.17, 15) is 0 Å². The topological polar surface area (TPSA) is 15.3 Å². The van der Waals surface area contributed by atoms with Crippen LogP contribution in [-0.4, -0.2) is 31.1 Å². The molecule has 0 radical (unpaired) electrons. The van der Waals surface area contributed by atoms with Crippen molar-refractivity contribution in [3.05, 3.63) is 35.9 Å². The summed E-state index contributed by atoms with van der Waals surface area (Å²) in [5.41, 5.74) is 1.98. The van der Waals surface area contributed by atoms with Crippen LogP contribution >= 0.6 is 0 Å². The molecule has 1 aromatic carbocycles. The molecule has 0 spiro atoms. The fourth-order valence-corrected chi connectivity index (χ4v) is 3.23. The average molecular weight is 288 g/mol. The van der Waals surface area contributed by atoms with E-state index in [4.69, 9.17) is 0 Å². The Hall–Kier alpha value is -0.860. The first-order valence-corrected chi connectivity index (χ1v) is 8.51. The molecule has 0 amide bonds. The minimum atomic E-state index is 0.577. The van der Waals surface area contributed by atoms with Crippen molar-refractivity contribution < 1.29 is 0 Å². The van der Waals surface area contributed by atoms with Crippen molar-refractivity contribution in [2.24, 2.45) is 5.41 Å². The highest BCUT2D eigenvalue weighted by Crippen LogP contribution is 2.34. The van der Waals surface area contributed by atoms with Crippen LogP contribution in [0.2, 0.25) is 0 Å². The summed E-state index contributed by atoms with van der Waals surface area (Å²) >= 11 is 0. The third-order valence-corrected chi connectivity index (χ3v) is 4.78. The van der Waals surface area contributed by atoms with Crippen LogP contribution < -0.4 is 5.32 Å². The summed E-state index contributed by atoms with van der Waals surface area (Å²) in [7, 11) is 2.22. The number of nitrogens with one attached hydrogen (secondary N) is 1. The second kappa shape index (κ2) is 7.95. The van der Waals surface area contributed by atoms with Gasteiger partial charge in [0, 0.05) is 12.6 Å². The van der Waals surface area contributed by atoms with E-state index >= 15 is 0 Å². The Kier molecular flexibility index (Phi) is 6.25. The lowest BCUT2D eigenvalue weighted by Crippen LogP contribution is -2.36. The van der Waals surface area contributed by atoms with Crippen molar-refractivity contribution in [2.75, 3.05) is 20.1 Å². The van der Waals surface area contributed by atoms with Gasteiger partial charge in [0.25, 0.3) is 0 Å². The molecule has 0 aromatic heterocycles. The van der Waals surface area contributed by atoms with Gasteiger partial charge in [0.2, 0.25) is 0 Å². The van der Waals surface area contributed by atoms with E-state index < -0.39 is 0 Å². The van der Waals surface area contributed by atoms with Gasteiger partial charge in [-0.05, 0) is 63.2 Å². The molecule has 1 aliphatic rings. The molecule has 0 unspecified atom stereocenters. The normalized spacial score (nSPS) is 19.0. The lowest BCUT2D eigenvalue weighted by molar-refractivity contribution is 0.205. The van der Waals surface area contributed by atoms with E-state index in [-0.39, 0.29) is 0 Å². The molecule has 1 N–H and O–H groups in total. The zero-order chi connectivity index (χ0) is 15.1. The Morgan fingerprint density at radius 1 is 1.14 bits per heavy atom. The molecule has 2 heteroatoms. The minimum absolute atomic E-state index is 0.577. The maximum Gasteiger partial charge on any atom is 0.0230 e. The second-order valence-corrected chi connectivity index (χ2v) is 7.47. The fourth-order valence-electron chi connectivity index (χ4n) is 3.23. The van der Waals surface area contributed by atoms with Crippen molar-refractivity contribution >= 4 is 0 Å². The highest BCUT2D eigenvalue weighted by atomic mass is 15.1. The predicted octanol–water partition coefficient (Wildman–Crippen LogP) is 4.07. The molecule has 0 aliphatic heterocycles. The number of hydrogen-bond donors (Lipinski definition) is 1. The number of benzene rings is 1. The van der Waals surface area contributed by atoms with E-state index in [0.29, 0.717) is 5.41 Å². The van der Waals surface area contributed by atoms with Gasteiger partial charge in [-0.1, -0.05) is 44.2 Å². The monoisotopic (exact) mass is 288 g/mol. The van der Waals surface area contributed by atoms with Crippen molar-refractivity contribution in [2.45, 2.75) is 58.5 Å². The SMILES string of the molecule is CN(CCCNC1CCC(C)(C)CC1)Cc1ccccc1. The quantitative estimate of drug-likeness (QED) is 0.761. The van der Waals surface area contributed by atoms with Gasteiger partial charge in [-0.25, -0.2) is 0 Å². The largest absolute Gasteiger partial charge is 0.314 e. The van der Waals surface area contributed by atoms with Crippen LogP contribution in [0.25, 0.3) is 0 Å². The molecule has 1 fully saturated rings. The first-order chi connectivity index (χ1) is 10.1. The molecule has 2 rings (SSSR count). The molecule has 1 saturated carbocycles. The van der Waals surface area contributed by atoms with E-state index in [1.807, 2.05) is 0 Å². The molecule has 1 aliphatic carbocycles. The fraction of sp³-hybridized carbons (Fsp3) is 0.684. The van der Waals surface area contributed by atoms with Crippen molar-refractivity contribution in [3.8, 4) is 0 Å². The summed E-state index contributed by atoms with van der Waals surface area (Å²) in [4.78, 5) is 2.42. The van der Waals surface area contributed by atoms with Gasteiger partial charge in [0.15, 0.2) is 0 Å². The summed E-state index contributed by atoms with van der Waals surface area (Å²) in [6.07, 6.45) is 6.69. The Balaban J connectivity index is 1.55. The molecule has 1 aromatic rings. The van der Waals surface area contributed by atoms with Gasteiger partial charge in [0.05, 0.1) is 0 Å². The van der Waals surface area contributed by atoms with Crippen LogP contribution in [0.15, 0.2) is 30.3 Å². The van der Waals surface area contributed by atoms with Crippen molar-refractivity contribution in [1.82, 2.24) is 10.2 Å². The van der Waals surface area contributed by atoms with Gasteiger partial charge < -0.3 is 10.2 Å². The van der Waals surface area contributed by atoms with Crippen LogP contribution in [0.5, 0.6) is 0 Å². The lowest BCUT2D eigenvalue weighted by atomic mass is 9.75. The summed E-state index contributed by atoms with van der Waals surface area (Å²) in [5.74, 6) is 0. The van der Waals surface area contributed by atoms with Crippen molar-refractivity contribution in [1.29, 1.82) is 0 Å². The summed E-state index contributed by atoms with van der Waals surface area (Å²) in [6.45, 7) is 8.19. The van der Waals surface area contributed by atoms with E-state index in [0.717, 1.165) is 19.1 Å². The highest BCUT2D eigenvalue weighted by molar-refractivity contribution is 5.14. The number of hydrogen-bond acceptors (Lipinski definition) is 2. The summed E-state index contributed by atoms with van der Waals surface area (Å²) < 4.78 is 0. The van der Waals surface area contributed by atoms with Crippen LogP contribution in [0.1, 0.15) is 51.5 Å². The minimum Gasteiger partial charge on any atom is -0.314 e. The third kappa shape index (κ3) is 6.19. The number of rotatable bonds is 7. The molecule has 0 bridgehead atoms. The zero-order valence-corrected chi connectivity index (χ0v) is 14.1. The molecular weight excluding hydrogens is 256 g/mol. The van der Waals surface area contributed by atoms with Gasteiger partial charge in [-0.3, -0.25) is 0 Å². The Morgan fingerprint density at radius 2 is 1.81 bits per heavy atom. The Morgan fingerprint density at radius 3 is 2.48 bits per heavy atom. The Bertz CT molecular complexity index is 389. The van der Waals surface area contributed by atoms with Crippen LogP contribution in [-0.2, 0) is 6.54 Å². The molecule has 21 heavy (non-hydrogen) atoms. The van der Waals surface area contributed by atoms with Crippen LogP contribution in [0.4, 0.5) is 0 Å². The van der Waals surface area contributed by atoms with Gasteiger partial charge in [-0.2, -0.15) is 0 Å². The van der Waals surface area contributed by atoms with Crippen LogP contribution in [0, 0.1) is 5.41 Å². The molecular formula is C19H32N2. The molecule has 2 nitrogen and oxygen atoms in total. The smallest absolute Gasteiger partial charge is 0.0230 e. The predicted molar refractivity (Wildman–Crippen MR) is 91.4 cm³/mol. The number of nitrogens with zero attached hydrogens (tertiary/aromatic N) is 1. The molecule has 0 atom stereocenters. The average Bonchev–Trinajstić information content (AvgIpc) is 2.46. The maximum atomic E-state index is 3.75. The van der Waals surface area contributed by atoms with E-state index in [1.165, 1.54) is 44.2 Å². The lowest BCUT2D eigenvalue weighted by Gasteiger charge is -2.34. The highest BCUT2D eigenvalue weighted by Gasteiger charge is 2.26. The first-order valence-electron chi connectivity index (χ1n) is 8.51. The van der Waals surface area contributed by atoms with Crippen LogP contribution in [0.3, 0.4) is 0 Å². The molecule has 0 saturated heterocycles.